The van der Waals surface area contributed by atoms with E-state index in [1.54, 1.807) is 0 Å². The van der Waals surface area contributed by atoms with E-state index >= 15 is 0 Å². The van der Waals surface area contributed by atoms with Crippen LogP contribution >= 0.6 is 0 Å². The summed E-state index contributed by atoms with van der Waals surface area (Å²) in [5, 5.41) is 0. The van der Waals surface area contributed by atoms with E-state index in [1.807, 2.05) is 13.8 Å². The highest BCUT2D eigenvalue weighted by atomic mass is 19.4. The van der Waals surface area contributed by atoms with Gasteiger partial charge in [0.05, 0.1) is 0 Å². The van der Waals surface area contributed by atoms with Crippen LogP contribution in [-0.4, -0.2) is 36.6 Å². The normalized spacial score (nSPS) is 26.8. The molecule has 1 rings (SSSR count). The van der Waals surface area contributed by atoms with Gasteiger partial charge in [-0.25, -0.2) is 8.78 Å². The Hall–Kier alpha value is -0.390. The molecule has 1 heterocycles. The number of alkyl halides is 5. The Morgan fingerprint density at radius 3 is 2.00 bits per heavy atom. The Morgan fingerprint density at radius 1 is 1.20 bits per heavy atom. The molecule has 0 aromatic carbocycles. The molecule has 1 atom stereocenters. The lowest BCUT2D eigenvalue weighted by molar-refractivity contribution is -0.214. The summed E-state index contributed by atoms with van der Waals surface area (Å²) < 4.78 is 61.7. The number of likely N-dealkylation sites (tertiary alicyclic amines) is 1. The molecule has 0 aromatic rings. The Kier molecular flexibility index (Phi) is 4.96. The summed E-state index contributed by atoms with van der Waals surface area (Å²) >= 11 is 0. The van der Waals surface area contributed by atoms with Gasteiger partial charge in [-0.3, -0.25) is 4.90 Å². The van der Waals surface area contributed by atoms with Gasteiger partial charge in [-0.15, -0.1) is 0 Å². The first-order valence-corrected chi connectivity index (χ1v) is 4.87. The van der Waals surface area contributed by atoms with Crippen molar-refractivity contribution in [2.24, 2.45) is 0 Å². The first-order chi connectivity index (χ1) is 6.72. The standard InChI is InChI=1S/C7H10F5N.C2H6/c1-13-3-2-6(8,9)4-5(13)7(10,11)12;1-2/h5H,2-4H2,1H3;1-2H3. The fourth-order valence-electron chi connectivity index (χ4n) is 1.40. The van der Waals surface area contributed by atoms with Crippen molar-refractivity contribution in [3.05, 3.63) is 0 Å². The van der Waals surface area contributed by atoms with Gasteiger partial charge in [0.1, 0.15) is 6.04 Å². The molecule has 1 aliphatic rings. The van der Waals surface area contributed by atoms with Gasteiger partial charge in [0.25, 0.3) is 5.92 Å². The fourth-order valence-corrected chi connectivity index (χ4v) is 1.40. The first-order valence-electron chi connectivity index (χ1n) is 4.87. The molecular weight excluding hydrogens is 217 g/mol. The Balaban J connectivity index is 0.000000921. The van der Waals surface area contributed by atoms with Crippen molar-refractivity contribution >= 4 is 0 Å². The van der Waals surface area contributed by atoms with Gasteiger partial charge in [-0.1, -0.05) is 13.8 Å². The van der Waals surface area contributed by atoms with Crippen molar-refractivity contribution in [2.75, 3.05) is 13.6 Å². The van der Waals surface area contributed by atoms with Crippen molar-refractivity contribution in [3.63, 3.8) is 0 Å². The topological polar surface area (TPSA) is 3.24 Å². The number of piperidine rings is 1. The highest BCUT2D eigenvalue weighted by molar-refractivity contribution is 4.88. The zero-order valence-electron chi connectivity index (χ0n) is 9.04. The lowest BCUT2D eigenvalue weighted by Gasteiger charge is -2.37. The number of hydrogen-bond acceptors (Lipinski definition) is 1. The molecule has 1 saturated heterocycles. The minimum absolute atomic E-state index is 0.211. The SMILES string of the molecule is CC.CN1CCC(F)(F)CC1C(F)(F)F. The van der Waals surface area contributed by atoms with Crippen molar-refractivity contribution < 1.29 is 22.0 Å². The zero-order valence-corrected chi connectivity index (χ0v) is 9.04. The van der Waals surface area contributed by atoms with Crippen LogP contribution in [0.5, 0.6) is 0 Å². The largest absolute Gasteiger partial charge is 0.404 e. The predicted molar refractivity (Wildman–Crippen MR) is 48.0 cm³/mol. The average molecular weight is 233 g/mol. The Bertz CT molecular complexity index is 189. The average Bonchev–Trinajstić information content (AvgIpc) is 2.11. The second kappa shape index (κ2) is 5.09. The molecule has 0 bridgehead atoms. The van der Waals surface area contributed by atoms with Crippen LogP contribution in [0.2, 0.25) is 0 Å². The van der Waals surface area contributed by atoms with E-state index in [1.165, 1.54) is 7.05 Å². The molecule has 92 valence electrons. The monoisotopic (exact) mass is 233 g/mol. The minimum atomic E-state index is -4.56. The van der Waals surface area contributed by atoms with Crippen LogP contribution in [0.25, 0.3) is 0 Å². The van der Waals surface area contributed by atoms with Crippen LogP contribution in [-0.2, 0) is 0 Å². The molecule has 1 unspecified atom stereocenters. The lowest BCUT2D eigenvalue weighted by atomic mass is 9.99. The third-order valence-corrected chi connectivity index (χ3v) is 2.23. The van der Waals surface area contributed by atoms with Gasteiger partial charge in [0.2, 0.25) is 0 Å². The third kappa shape index (κ3) is 4.32. The first kappa shape index (κ1) is 14.6. The van der Waals surface area contributed by atoms with Gasteiger partial charge in [-0.2, -0.15) is 13.2 Å². The molecule has 0 aliphatic carbocycles. The van der Waals surface area contributed by atoms with E-state index in [0.29, 0.717) is 0 Å². The molecule has 0 N–H and O–H groups in total. The van der Waals surface area contributed by atoms with E-state index < -0.39 is 31.0 Å². The number of nitrogens with zero attached hydrogens (tertiary/aromatic N) is 1. The van der Waals surface area contributed by atoms with Crippen LogP contribution in [0, 0.1) is 0 Å². The van der Waals surface area contributed by atoms with Gasteiger partial charge < -0.3 is 0 Å². The van der Waals surface area contributed by atoms with Crippen LogP contribution in [0.3, 0.4) is 0 Å². The second-order valence-electron chi connectivity index (χ2n) is 3.35. The maximum atomic E-state index is 12.6. The molecule has 6 heteroatoms. The van der Waals surface area contributed by atoms with E-state index in [0.717, 1.165) is 4.90 Å². The molecule has 0 radical (unpaired) electrons. The molecule has 0 aromatic heterocycles. The number of rotatable bonds is 0. The van der Waals surface area contributed by atoms with E-state index in [2.05, 4.69) is 0 Å². The maximum absolute atomic E-state index is 12.6. The summed E-state index contributed by atoms with van der Waals surface area (Å²) in [4.78, 5) is 0.928. The van der Waals surface area contributed by atoms with Crippen molar-refractivity contribution in [2.45, 2.75) is 44.8 Å². The molecule has 0 spiro atoms. The zero-order chi connectivity index (χ0) is 12.3. The maximum Gasteiger partial charge on any atom is 0.404 e. The Labute approximate surface area is 86.2 Å². The quantitative estimate of drug-likeness (QED) is 0.580. The molecule has 1 fully saturated rings. The summed E-state index contributed by atoms with van der Waals surface area (Å²) in [7, 11) is 1.22. The fraction of sp³-hybridized carbons (Fsp3) is 1.00. The highest BCUT2D eigenvalue weighted by Gasteiger charge is 2.51. The third-order valence-electron chi connectivity index (χ3n) is 2.23. The molecule has 1 aliphatic heterocycles. The predicted octanol–water partition coefficient (Wildman–Crippen LogP) is 3.30. The molecule has 0 amide bonds. The van der Waals surface area contributed by atoms with E-state index in [9.17, 15) is 22.0 Å². The van der Waals surface area contributed by atoms with Crippen molar-refractivity contribution in [3.8, 4) is 0 Å². The molecule has 1 nitrogen and oxygen atoms in total. The van der Waals surface area contributed by atoms with Crippen molar-refractivity contribution in [1.82, 2.24) is 4.90 Å². The number of hydrogen-bond donors (Lipinski definition) is 0. The summed E-state index contributed by atoms with van der Waals surface area (Å²) in [6, 6.07) is -2.00. The second-order valence-corrected chi connectivity index (χ2v) is 3.35. The summed E-state index contributed by atoms with van der Waals surface area (Å²) in [6.45, 7) is 3.79. The van der Waals surface area contributed by atoms with Gasteiger partial charge in [0.15, 0.2) is 0 Å². The van der Waals surface area contributed by atoms with Gasteiger partial charge in [0, 0.05) is 19.4 Å². The van der Waals surface area contributed by atoms with Gasteiger partial charge in [-0.05, 0) is 7.05 Å². The molecule has 0 saturated carbocycles. The molecule has 15 heavy (non-hydrogen) atoms. The van der Waals surface area contributed by atoms with Crippen LogP contribution in [0.4, 0.5) is 22.0 Å². The lowest BCUT2D eigenvalue weighted by Crippen LogP contribution is -2.52. The minimum Gasteiger partial charge on any atom is -0.295 e. The highest BCUT2D eigenvalue weighted by Crippen LogP contribution is 2.38. The van der Waals surface area contributed by atoms with Crippen LogP contribution in [0.1, 0.15) is 26.7 Å². The Morgan fingerprint density at radius 2 is 1.67 bits per heavy atom. The van der Waals surface area contributed by atoms with E-state index in [4.69, 9.17) is 0 Å². The summed E-state index contributed by atoms with van der Waals surface area (Å²) in [6.07, 6.45) is -6.16. The molecular formula is C9H16F5N. The smallest absolute Gasteiger partial charge is 0.295 e. The summed E-state index contributed by atoms with van der Waals surface area (Å²) in [5.41, 5.74) is 0. The number of halogens is 5. The van der Waals surface area contributed by atoms with Crippen molar-refractivity contribution in [1.29, 1.82) is 0 Å². The van der Waals surface area contributed by atoms with Gasteiger partial charge >= 0.3 is 6.18 Å². The van der Waals surface area contributed by atoms with Crippen LogP contribution < -0.4 is 0 Å². The van der Waals surface area contributed by atoms with Crippen LogP contribution in [0.15, 0.2) is 0 Å². The van der Waals surface area contributed by atoms with E-state index in [-0.39, 0.29) is 6.54 Å². The summed E-state index contributed by atoms with van der Waals surface area (Å²) in [5.74, 6) is -3.17.